The van der Waals surface area contributed by atoms with E-state index in [-0.39, 0.29) is 28.8 Å². The number of likely N-dealkylation sites (N-methyl/N-ethyl adjacent to an activating group) is 1. The maximum absolute atomic E-state index is 12.1. The molecule has 0 aromatic heterocycles. The summed E-state index contributed by atoms with van der Waals surface area (Å²) in [5.74, 6) is -1.99. The summed E-state index contributed by atoms with van der Waals surface area (Å²) in [6, 6.07) is -0.730. The predicted molar refractivity (Wildman–Crippen MR) is 98.5 cm³/mol. The molecule has 146 valence electrons. The Balaban J connectivity index is 2.13. The topological polar surface area (TPSA) is 119 Å². The van der Waals surface area contributed by atoms with Crippen LogP contribution in [0.25, 0.3) is 0 Å². The molecule has 6 atom stereocenters. The molecule has 0 radical (unpaired) electrons. The molecule has 9 heteroatoms. The Kier molecular flexibility index (Phi) is 6.70. The minimum atomic E-state index is -1.08. The molecule has 1 saturated heterocycles. The number of carboxylic acid groups (broad SMARTS) is 1. The molecule has 0 bridgehead atoms. The molecule has 4 N–H and O–H groups in total. The van der Waals surface area contributed by atoms with E-state index >= 15 is 0 Å². The minimum Gasteiger partial charge on any atom is -0.477 e. The average molecular weight is 385 g/mol. The molecule has 2 heterocycles. The zero-order chi connectivity index (χ0) is 19.6. The largest absolute Gasteiger partial charge is 0.477 e. The van der Waals surface area contributed by atoms with Gasteiger partial charge in [-0.25, -0.2) is 4.79 Å². The number of aldehydes is 1. The fourth-order valence-electron chi connectivity index (χ4n) is 3.49. The highest BCUT2D eigenvalue weighted by atomic mass is 32.2. The first kappa shape index (κ1) is 20.7. The van der Waals surface area contributed by atoms with Gasteiger partial charge in [-0.3, -0.25) is 4.79 Å². The molecule has 0 spiro atoms. The van der Waals surface area contributed by atoms with Crippen molar-refractivity contribution >= 4 is 29.9 Å². The number of aliphatic hydroxyl groups is 1. The van der Waals surface area contributed by atoms with E-state index < -0.39 is 24.0 Å². The number of hydrogen-bond donors (Lipinski definition) is 4. The average Bonchev–Trinajstić information content (AvgIpc) is 3.14. The third kappa shape index (κ3) is 4.21. The van der Waals surface area contributed by atoms with Gasteiger partial charge in [0.1, 0.15) is 12.0 Å². The molecule has 0 aromatic rings. The molecule has 0 aromatic carbocycles. The summed E-state index contributed by atoms with van der Waals surface area (Å²) in [6.07, 6.45) is 0.416. The second-order valence-electron chi connectivity index (χ2n) is 7.13. The molecule has 2 aliphatic heterocycles. The van der Waals surface area contributed by atoms with E-state index in [4.69, 9.17) is 0 Å². The van der Waals surface area contributed by atoms with Crippen LogP contribution in [0.1, 0.15) is 20.3 Å². The zero-order valence-corrected chi connectivity index (χ0v) is 16.2. The van der Waals surface area contributed by atoms with Crippen LogP contribution in [0.4, 0.5) is 0 Å². The number of aliphatic hydroxyl groups excluding tert-OH is 1. The first-order valence-electron chi connectivity index (χ1n) is 8.65. The Morgan fingerprint density at radius 3 is 2.54 bits per heavy atom. The highest BCUT2D eigenvalue weighted by Crippen LogP contribution is 2.41. The van der Waals surface area contributed by atoms with Gasteiger partial charge in [0.05, 0.1) is 18.1 Å². The van der Waals surface area contributed by atoms with E-state index in [0.717, 1.165) is 0 Å². The predicted octanol–water partition coefficient (Wildman–Crippen LogP) is -0.362. The van der Waals surface area contributed by atoms with E-state index in [9.17, 15) is 24.6 Å². The van der Waals surface area contributed by atoms with Crippen molar-refractivity contribution in [3.63, 3.8) is 0 Å². The molecular weight excluding hydrogens is 358 g/mol. The lowest BCUT2D eigenvalue weighted by atomic mass is 9.89. The van der Waals surface area contributed by atoms with Gasteiger partial charge in [-0.15, -0.1) is 11.8 Å². The van der Waals surface area contributed by atoms with Gasteiger partial charge in [-0.1, -0.05) is 6.92 Å². The summed E-state index contributed by atoms with van der Waals surface area (Å²) >= 11 is 1.44. The molecule has 0 saturated carbocycles. The second-order valence-corrected chi connectivity index (χ2v) is 8.47. The smallest absolute Gasteiger partial charge is 0.352 e. The Bertz CT molecular complexity index is 607. The quantitative estimate of drug-likeness (QED) is 0.439. The fraction of sp³-hybridized carbons (Fsp3) is 0.706. The van der Waals surface area contributed by atoms with Gasteiger partial charge in [0.25, 0.3) is 0 Å². The van der Waals surface area contributed by atoms with Crippen molar-refractivity contribution in [2.24, 2.45) is 11.8 Å². The number of rotatable bonds is 7. The van der Waals surface area contributed by atoms with Crippen LogP contribution >= 0.6 is 11.8 Å². The Morgan fingerprint density at radius 1 is 1.38 bits per heavy atom. The maximum atomic E-state index is 12.1. The van der Waals surface area contributed by atoms with Crippen molar-refractivity contribution in [2.45, 2.75) is 43.7 Å². The van der Waals surface area contributed by atoms with E-state index in [0.29, 0.717) is 24.2 Å². The van der Waals surface area contributed by atoms with Crippen LogP contribution in [0.15, 0.2) is 10.6 Å². The van der Waals surface area contributed by atoms with Gasteiger partial charge in [0, 0.05) is 42.8 Å². The van der Waals surface area contributed by atoms with Crippen LogP contribution in [0, 0.1) is 11.8 Å². The van der Waals surface area contributed by atoms with Gasteiger partial charge < -0.3 is 30.5 Å². The van der Waals surface area contributed by atoms with Gasteiger partial charge >= 0.3 is 5.97 Å². The Hall–Kier alpha value is -1.58. The third-order valence-electron chi connectivity index (χ3n) is 4.98. The van der Waals surface area contributed by atoms with E-state index in [1.54, 1.807) is 19.0 Å². The fourth-order valence-corrected chi connectivity index (χ4v) is 4.94. The number of amides is 1. The molecule has 0 aliphatic carbocycles. The molecule has 1 amide bonds. The van der Waals surface area contributed by atoms with Crippen molar-refractivity contribution in [3.05, 3.63) is 10.6 Å². The van der Waals surface area contributed by atoms with E-state index in [1.807, 2.05) is 6.92 Å². The first-order chi connectivity index (χ1) is 12.2. The van der Waals surface area contributed by atoms with Crippen LogP contribution in [0.5, 0.6) is 0 Å². The molecule has 2 rings (SSSR count). The van der Waals surface area contributed by atoms with Crippen LogP contribution in [-0.2, 0) is 14.4 Å². The third-order valence-corrected chi connectivity index (χ3v) is 6.50. The molecule has 26 heavy (non-hydrogen) atoms. The Labute approximate surface area is 157 Å². The van der Waals surface area contributed by atoms with Crippen molar-refractivity contribution < 1.29 is 24.6 Å². The highest BCUT2D eigenvalue weighted by molar-refractivity contribution is 8.03. The summed E-state index contributed by atoms with van der Waals surface area (Å²) in [7, 11) is 3.41. The molecule has 2 aliphatic rings. The first-order valence-corrected chi connectivity index (χ1v) is 9.53. The summed E-state index contributed by atoms with van der Waals surface area (Å²) in [5, 5.41) is 25.5. The normalized spacial score (nSPS) is 30.7. The number of nitrogens with one attached hydrogen (secondary N) is 2. The number of hydrogen-bond acceptors (Lipinski definition) is 7. The van der Waals surface area contributed by atoms with Crippen LogP contribution in [0.3, 0.4) is 0 Å². The number of aliphatic carboxylic acids is 1. The highest BCUT2D eigenvalue weighted by Gasteiger charge is 2.42. The van der Waals surface area contributed by atoms with Gasteiger partial charge in [-0.05, 0) is 13.3 Å². The number of carbonyl (C=O) groups excluding carboxylic acids is 2. The molecular formula is C17H27N3O5S. The molecule has 1 fully saturated rings. The maximum Gasteiger partial charge on any atom is 0.352 e. The Morgan fingerprint density at radius 2 is 2.04 bits per heavy atom. The monoisotopic (exact) mass is 385 g/mol. The lowest BCUT2D eigenvalue weighted by Gasteiger charge is -2.26. The summed E-state index contributed by atoms with van der Waals surface area (Å²) in [4.78, 5) is 37.3. The molecule has 0 unspecified atom stereocenters. The zero-order valence-electron chi connectivity index (χ0n) is 15.4. The minimum absolute atomic E-state index is 0.00568. The van der Waals surface area contributed by atoms with Gasteiger partial charge in [0.15, 0.2) is 0 Å². The van der Waals surface area contributed by atoms with Crippen LogP contribution in [-0.4, -0.2) is 77.4 Å². The van der Waals surface area contributed by atoms with Crippen molar-refractivity contribution in [1.29, 1.82) is 0 Å². The standard InChI is InChI=1S/C17H27N3O5S/c1-8-13(11(7-21)9(2)22)19-14(17(24)25)15(8)26-10-5-12(18-6-10)16(23)20(3)4/h7-13,18-19,22H,5-6H2,1-4H3,(H,24,25)/t8-,9-,10+,11-,12+,13-/m1/s1. The number of thioether (sulfide) groups is 1. The lowest BCUT2D eigenvalue weighted by molar-refractivity contribution is -0.133. The number of nitrogens with zero attached hydrogens (tertiary/aromatic N) is 1. The summed E-state index contributed by atoms with van der Waals surface area (Å²) in [5.41, 5.74) is 0.0855. The lowest BCUT2D eigenvalue weighted by Crippen LogP contribution is -2.42. The van der Waals surface area contributed by atoms with Crippen molar-refractivity contribution in [2.75, 3.05) is 20.6 Å². The summed E-state index contributed by atoms with van der Waals surface area (Å²) in [6.45, 7) is 3.99. The van der Waals surface area contributed by atoms with E-state index in [1.165, 1.54) is 18.7 Å². The van der Waals surface area contributed by atoms with Gasteiger partial charge in [0.2, 0.25) is 5.91 Å². The van der Waals surface area contributed by atoms with Crippen LogP contribution < -0.4 is 10.6 Å². The number of carboxylic acids is 1. The SMILES string of the molecule is C[C@@H](O)[C@@H](C=O)[C@@H]1NC(C(=O)O)=C(S[C@@H]2CN[C@H](C(=O)N(C)C)C2)[C@@H]1C. The number of carbonyl (C=O) groups is 3. The summed E-state index contributed by atoms with van der Waals surface area (Å²) < 4.78 is 0. The molecule has 8 nitrogen and oxygen atoms in total. The van der Waals surface area contributed by atoms with Crippen molar-refractivity contribution in [1.82, 2.24) is 15.5 Å². The van der Waals surface area contributed by atoms with Crippen molar-refractivity contribution in [3.8, 4) is 0 Å². The van der Waals surface area contributed by atoms with E-state index in [2.05, 4.69) is 10.6 Å². The van der Waals surface area contributed by atoms with Gasteiger partial charge in [-0.2, -0.15) is 0 Å². The second kappa shape index (κ2) is 8.41. The van der Waals surface area contributed by atoms with Crippen LogP contribution in [0.2, 0.25) is 0 Å².